The Morgan fingerprint density at radius 2 is 1.65 bits per heavy atom. The maximum Gasteiger partial charge on any atom is 0.451 e. The van der Waals surface area contributed by atoms with Crippen LogP contribution >= 0.6 is 0 Å². The van der Waals surface area contributed by atoms with E-state index in [1.807, 2.05) is 0 Å². The molecular formula is C9H11F3N6O2. The van der Waals surface area contributed by atoms with E-state index < -0.39 is 42.7 Å². The van der Waals surface area contributed by atoms with Crippen molar-refractivity contribution in [3.8, 4) is 0 Å². The van der Waals surface area contributed by atoms with Gasteiger partial charge in [-0.2, -0.15) is 13.2 Å². The van der Waals surface area contributed by atoms with Crippen LogP contribution in [0.25, 0.3) is 0 Å². The van der Waals surface area contributed by atoms with Gasteiger partial charge in [0.2, 0.25) is 17.6 Å². The van der Waals surface area contributed by atoms with Crippen molar-refractivity contribution in [2.45, 2.75) is 6.18 Å². The van der Waals surface area contributed by atoms with Crippen LogP contribution in [0.3, 0.4) is 0 Å². The molecule has 1 aromatic rings. The Morgan fingerprint density at radius 1 is 1.15 bits per heavy atom. The van der Waals surface area contributed by atoms with Gasteiger partial charge >= 0.3 is 6.18 Å². The number of anilines is 2. The molecule has 0 aliphatic rings. The summed E-state index contributed by atoms with van der Waals surface area (Å²) in [4.78, 5) is 28.8. The fourth-order valence-electron chi connectivity index (χ4n) is 1.34. The third-order valence-electron chi connectivity index (χ3n) is 2.00. The lowest BCUT2D eigenvalue weighted by molar-refractivity contribution is -0.144. The second kappa shape index (κ2) is 5.59. The van der Waals surface area contributed by atoms with E-state index in [1.54, 1.807) is 0 Å². The molecule has 0 bridgehead atoms. The number of nitrogens with two attached hydrogens (primary N) is 3. The minimum absolute atomic E-state index is 0.373. The van der Waals surface area contributed by atoms with Gasteiger partial charge in [-0.05, 0) is 0 Å². The molecule has 0 saturated heterocycles. The highest BCUT2D eigenvalue weighted by Crippen LogP contribution is 2.28. The molecule has 0 aromatic carbocycles. The largest absolute Gasteiger partial charge is 0.451 e. The fourth-order valence-corrected chi connectivity index (χ4v) is 1.34. The highest BCUT2D eigenvalue weighted by Gasteiger charge is 2.35. The lowest BCUT2D eigenvalue weighted by Gasteiger charge is -2.21. The molecule has 0 atom stereocenters. The average Bonchev–Trinajstić information content (AvgIpc) is 2.24. The minimum atomic E-state index is -4.82. The van der Waals surface area contributed by atoms with Gasteiger partial charge < -0.3 is 22.1 Å². The van der Waals surface area contributed by atoms with Crippen LogP contribution in [0.1, 0.15) is 5.82 Å². The minimum Gasteiger partial charge on any atom is -0.384 e. The van der Waals surface area contributed by atoms with Crippen molar-refractivity contribution in [3.05, 3.63) is 11.9 Å². The summed E-state index contributed by atoms with van der Waals surface area (Å²) in [6.07, 6.45) is -4.82. The van der Waals surface area contributed by atoms with Crippen LogP contribution in [-0.2, 0) is 15.8 Å². The van der Waals surface area contributed by atoms with Crippen LogP contribution < -0.4 is 22.1 Å². The summed E-state index contributed by atoms with van der Waals surface area (Å²) in [6.45, 7) is -1.09. The number of carbonyl (C=O) groups is 2. The van der Waals surface area contributed by atoms with Gasteiger partial charge in [0.1, 0.15) is 11.6 Å². The van der Waals surface area contributed by atoms with Crippen LogP contribution in [0, 0.1) is 0 Å². The number of amides is 2. The third kappa shape index (κ3) is 4.26. The van der Waals surface area contributed by atoms with Crippen molar-refractivity contribution in [2.24, 2.45) is 11.5 Å². The molecule has 11 heteroatoms. The quantitative estimate of drug-likeness (QED) is 0.626. The fraction of sp³-hybridized carbons (Fsp3) is 0.333. The normalized spacial score (nSPS) is 11.2. The number of hydrogen-bond donors (Lipinski definition) is 3. The zero-order valence-corrected chi connectivity index (χ0v) is 10.0. The topological polar surface area (TPSA) is 141 Å². The van der Waals surface area contributed by atoms with Crippen molar-refractivity contribution in [2.75, 3.05) is 23.7 Å². The summed E-state index contributed by atoms with van der Waals surface area (Å²) in [5.74, 6) is -4.09. The number of hydrogen-bond acceptors (Lipinski definition) is 6. The van der Waals surface area contributed by atoms with Crippen molar-refractivity contribution in [3.63, 3.8) is 0 Å². The van der Waals surface area contributed by atoms with Crippen LogP contribution in [0.2, 0.25) is 0 Å². The zero-order valence-electron chi connectivity index (χ0n) is 10.0. The van der Waals surface area contributed by atoms with Crippen molar-refractivity contribution in [1.82, 2.24) is 9.97 Å². The Balaban J connectivity index is 3.21. The second-order valence-electron chi connectivity index (χ2n) is 3.76. The Labute approximate surface area is 110 Å². The van der Waals surface area contributed by atoms with Crippen LogP contribution in [0.15, 0.2) is 6.07 Å². The molecule has 0 spiro atoms. The molecule has 110 valence electrons. The maximum atomic E-state index is 12.6. The first-order chi connectivity index (χ1) is 9.09. The highest BCUT2D eigenvalue weighted by molar-refractivity contribution is 5.84. The summed E-state index contributed by atoms with van der Waals surface area (Å²) in [5, 5.41) is 0. The van der Waals surface area contributed by atoms with Crippen LogP contribution in [0.4, 0.5) is 24.8 Å². The number of rotatable bonds is 5. The SMILES string of the molecule is NC(=O)CN(CC(N)=O)c1cc(N)nc(C(F)(F)F)n1. The number of aromatic nitrogens is 2. The molecule has 0 unspecified atom stereocenters. The van der Waals surface area contributed by atoms with E-state index in [-0.39, 0.29) is 5.82 Å². The van der Waals surface area contributed by atoms with Gasteiger partial charge in [-0.15, -0.1) is 0 Å². The highest BCUT2D eigenvalue weighted by atomic mass is 19.4. The average molecular weight is 292 g/mol. The van der Waals surface area contributed by atoms with Gasteiger partial charge in [-0.1, -0.05) is 0 Å². The zero-order chi connectivity index (χ0) is 15.5. The number of carbonyl (C=O) groups excluding carboxylic acids is 2. The van der Waals surface area contributed by atoms with Crippen LogP contribution in [0.5, 0.6) is 0 Å². The molecular weight excluding hydrogens is 281 g/mol. The monoisotopic (exact) mass is 292 g/mol. The van der Waals surface area contributed by atoms with Gasteiger partial charge in [-0.25, -0.2) is 9.97 Å². The molecule has 0 aliphatic heterocycles. The lowest BCUT2D eigenvalue weighted by atomic mass is 10.4. The second-order valence-corrected chi connectivity index (χ2v) is 3.76. The van der Waals surface area contributed by atoms with Crippen molar-refractivity contribution < 1.29 is 22.8 Å². The first-order valence-corrected chi connectivity index (χ1v) is 5.13. The Bertz CT molecular complexity index is 517. The smallest absolute Gasteiger partial charge is 0.384 e. The molecule has 20 heavy (non-hydrogen) atoms. The molecule has 0 radical (unpaired) electrons. The summed E-state index contributed by atoms with van der Waals surface area (Å²) >= 11 is 0. The van der Waals surface area contributed by atoms with Gasteiger partial charge in [0.15, 0.2) is 0 Å². The molecule has 1 rings (SSSR count). The number of nitrogens with zero attached hydrogens (tertiary/aromatic N) is 3. The number of primary amides is 2. The lowest BCUT2D eigenvalue weighted by Crippen LogP contribution is -2.40. The van der Waals surface area contributed by atoms with Gasteiger partial charge in [0.25, 0.3) is 0 Å². The molecule has 2 amide bonds. The van der Waals surface area contributed by atoms with Gasteiger partial charge in [0.05, 0.1) is 13.1 Å². The number of halogens is 3. The predicted molar refractivity (Wildman–Crippen MR) is 62.0 cm³/mol. The number of alkyl halides is 3. The molecule has 0 saturated carbocycles. The van der Waals surface area contributed by atoms with E-state index in [0.717, 1.165) is 11.0 Å². The molecule has 1 heterocycles. The van der Waals surface area contributed by atoms with E-state index in [1.165, 1.54) is 0 Å². The number of nitrogen functional groups attached to an aromatic ring is 1. The Morgan fingerprint density at radius 3 is 2.05 bits per heavy atom. The summed E-state index contributed by atoms with van der Waals surface area (Å²) in [7, 11) is 0. The maximum absolute atomic E-state index is 12.6. The summed E-state index contributed by atoms with van der Waals surface area (Å²) in [6, 6.07) is 0.973. The van der Waals surface area contributed by atoms with Crippen molar-refractivity contribution in [1.29, 1.82) is 0 Å². The van der Waals surface area contributed by atoms with E-state index in [2.05, 4.69) is 9.97 Å². The van der Waals surface area contributed by atoms with Crippen molar-refractivity contribution >= 4 is 23.5 Å². The third-order valence-corrected chi connectivity index (χ3v) is 2.00. The molecule has 8 nitrogen and oxygen atoms in total. The Hall–Kier alpha value is -2.59. The predicted octanol–water partition coefficient (Wildman–Crippen LogP) is -1.15. The Kier molecular flexibility index (Phi) is 4.32. The van der Waals surface area contributed by atoms with E-state index in [9.17, 15) is 22.8 Å². The van der Waals surface area contributed by atoms with E-state index in [0.29, 0.717) is 0 Å². The van der Waals surface area contributed by atoms with E-state index >= 15 is 0 Å². The first-order valence-electron chi connectivity index (χ1n) is 5.13. The molecule has 1 aromatic heterocycles. The van der Waals surface area contributed by atoms with Gasteiger partial charge in [-0.3, -0.25) is 9.59 Å². The standard InChI is InChI=1S/C9H11F3N6O2/c10-9(11,12)8-16-4(13)1-7(17-8)18(2-5(14)19)3-6(15)20/h1H,2-3H2,(H2,14,19)(H2,15,20)(H2,13,16,17). The van der Waals surface area contributed by atoms with Crippen LogP contribution in [-0.4, -0.2) is 34.9 Å². The van der Waals surface area contributed by atoms with E-state index in [4.69, 9.17) is 17.2 Å². The first kappa shape index (κ1) is 15.5. The molecule has 0 aliphatic carbocycles. The summed E-state index contributed by atoms with van der Waals surface area (Å²) in [5.41, 5.74) is 15.1. The van der Waals surface area contributed by atoms with Gasteiger partial charge in [0, 0.05) is 6.07 Å². The summed E-state index contributed by atoms with van der Waals surface area (Å²) < 4.78 is 37.7. The molecule has 0 fully saturated rings. The molecule has 6 N–H and O–H groups in total.